The number of halogens is 1. The Morgan fingerprint density at radius 3 is 2.80 bits per heavy atom. The third-order valence-electron chi connectivity index (χ3n) is 4.86. The van der Waals surface area contributed by atoms with E-state index in [1.54, 1.807) is 24.7 Å². The van der Waals surface area contributed by atoms with E-state index in [0.29, 0.717) is 19.6 Å². The Kier molecular flexibility index (Phi) is 9.38. The summed E-state index contributed by atoms with van der Waals surface area (Å²) in [4.78, 5) is 11.2. The molecule has 144 valence electrons. The predicted octanol–water partition coefficient (Wildman–Crippen LogP) is 2.15. The van der Waals surface area contributed by atoms with Crippen LogP contribution in [0.4, 0.5) is 0 Å². The maximum atomic E-state index is 11.2. The fourth-order valence-corrected chi connectivity index (χ4v) is 2.85. The SMILES string of the molecule is CC(C)(CCn1nncc1CCOCCC1CCNCC1)C(=O)O.Cl. The smallest absolute Gasteiger partial charge is 0.309 e. The molecule has 1 aromatic rings. The van der Waals surface area contributed by atoms with Gasteiger partial charge in [0, 0.05) is 19.6 Å². The summed E-state index contributed by atoms with van der Waals surface area (Å²) >= 11 is 0. The van der Waals surface area contributed by atoms with Crippen LogP contribution in [-0.2, 0) is 22.5 Å². The molecule has 0 aromatic carbocycles. The van der Waals surface area contributed by atoms with Crippen LogP contribution in [0.5, 0.6) is 0 Å². The molecule has 0 spiro atoms. The number of rotatable bonds is 10. The number of ether oxygens (including phenoxy) is 1. The van der Waals surface area contributed by atoms with Gasteiger partial charge in [-0.15, -0.1) is 17.5 Å². The topological polar surface area (TPSA) is 89.3 Å². The van der Waals surface area contributed by atoms with Crippen molar-refractivity contribution >= 4 is 18.4 Å². The van der Waals surface area contributed by atoms with Crippen LogP contribution in [0.2, 0.25) is 0 Å². The Labute approximate surface area is 155 Å². The molecule has 1 saturated heterocycles. The third-order valence-corrected chi connectivity index (χ3v) is 4.86. The van der Waals surface area contributed by atoms with Crippen molar-refractivity contribution in [2.24, 2.45) is 11.3 Å². The quantitative estimate of drug-likeness (QED) is 0.610. The van der Waals surface area contributed by atoms with Gasteiger partial charge in [-0.25, -0.2) is 4.68 Å². The van der Waals surface area contributed by atoms with Gasteiger partial charge in [0.25, 0.3) is 0 Å². The molecule has 1 aromatic heterocycles. The van der Waals surface area contributed by atoms with Crippen molar-refractivity contribution in [2.75, 3.05) is 26.3 Å². The highest BCUT2D eigenvalue weighted by atomic mass is 35.5. The highest BCUT2D eigenvalue weighted by Gasteiger charge is 2.27. The molecule has 0 unspecified atom stereocenters. The van der Waals surface area contributed by atoms with Crippen LogP contribution >= 0.6 is 12.4 Å². The molecular formula is C17H31ClN4O3. The zero-order valence-electron chi connectivity index (χ0n) is 15.2. The maximum absolute atomic E-state index is 11.2. The van der Waals surface area contributed by atoms with Gasteiger partial charge < -0.3 is 15.2 Å². The van der Waals surface area contributed by atoms with Crippen molar-refractivity contribution in [2.45, 2.75) is 52.5 Å². The van der Waals surface area contributed by atoms with Gasteiger partial charge in [-0.3, -0.25) is 4.79 Å². The lowest BCUT2D eigenvalue weighted by molar-refractivity contribution is -0.147. The molecule has 7 nitrogen and oxygen atoms in total. The summed E-state index contributed by atoms with van der Waals surface area (Å²) in [5.74, 6) is 0.00195. The van der Waals surface area contributed by atoms with Crippen LogP contribution in [-0.4, -0.2) is 52.4 Å². The highest BCUT2D eigenvalue weighted by Crippen LogP contribution is 2.21. The van der Waals surface area contributed by atoms with Crippen molar-refractivity contribution < 1.29 is 14.6 Å². The number of carboxylic acids is 1. The number of aliphatic carboxylic acids is 1. The van der Waals surface area contributed by atoms with Gasteiger partial charge in [0.05, 0.1) is 23.9 Å². The lowest BCUT2D eigenvalue weighted by atomic mass is 9.90. The minimum absolute atomic E-state index is 0. The molecule has 0 aliphatic carbocycles. The van der Waals surface area contributed by atoms with Gasteiger partial charge in [-0.1, -0.05) is 5.21 Å². The number of aromatic nitrogens is 3. The average molecular weight is 375 g/mol. The summed E-state index contributed by atoms with van der Waals surface area (Å²) in [7, 11) is 0. The normalized spacial score (nSPS) is 15.8. The molecular weight excluding hydrogens is 344 g/mol. The van der Waals surface area contributed by atoms with E-state index in [4.69, 9.17) is 4.74 Å². The summed E-state index contributed by atoms with van der Waals surface area (Å²) in [5, 5.41) is 20.6. The molecule has 2 heterocycles. The van der Waals surface area contributed by atoms with E-state index in [1.165, 1.54) is 12.8 Å². The van der Waals surface area contributed by atoms with Crippen molar-refractivity contribution in [3.63, 3.8) is 0 Å². The van der Waals surface area contributed by atoms with E-state index in [-0.39, 0.29) is 12.4 Å². The van der Waals surface area contributed by atoms with Gasteiger partial charge in [0.1, 0.15) is 0 Å². The molecule has 1 aliphatic rings. The Balaban J connectivity index is 0.00000312. The number of hydrogen-bond acceptors (Lipinski definition) is 5. The van der Waals surface area contributed by atoms with E-state index in [1.807, 2.05) is 0 Å². The molecule has 1 aliphatic heterocycles. The Bertz CT molecular complexity index is 516. The van der Waals surface area contributed by atoms with Crippen LogP contribution in [0.1, 0.15) is 45.2 Å². The third kappa shape index (κ3) is 7.30. The number of aryl methyl sites for hydroxylation is 1. The monoisotopic (exact) mass is 374 g/mol. The van der Waals surface area contributed by atoms with E-state index in [9.17, 15) is 9.90 Å². The number of carboxylic acid groups (broad SMARTS) is 1. The lowest BCUT2D eigenvalue weighted by Crippen LogP contribution is -2.28. The van der Waals surface area contributed by atoms with Crippen LogP contribution in [0.25, 0.3) is 0 Å². The molecule has 2 rings (SSSR count). The zero-order chi connectivity index (χ0) is 17.4. The first kappa shape index (κ1) is 21.9. The van der Waals surface area contributed by atoms with Crippen LogP contribution in [0.15, 0.2) is 6.20 Å². The second-order valence-corrected chi connectivity index (χ2v) is 7.23. The molecule has 8 heteroatoms. The summed E-state index contributed by atoms with van der Waals surface area (Å²) in [6.45, 7) is 7.73. The van der Waals surface area contributed by atoms with Crippen molar-refractivity contribution in [3.05, 3.63) is 11.9 Å². The summed E-state index contributed by atoms with van der Waals surface area (Å²) in [6.07, 6.45) is 6.65. The summed E-state index contributed by atoms with van der Waals surface area (Å²) in [6, 6.07) is 0. The molecule has 1 fully saturated rings. The highest BCUT2D eigenvalue weighted by molar-refractivity contribution is 5.85. The number of nitrogens with one attached hydrogen (secondary N) is 1. The Morgan fingerprint density at radius 2 is 2.12 bits per heavy atom. The van der Waals surface area contributed by atoms with E-state index in [0.717, 1.165) is 44.1 Å². The van der Waals surface area contributed by atoms with Crippen LogP contribution in [0.3, 0.4) is 0 Å². The van der Waals surface area contributed by atoms with Gasteiger partial charge in [0.2, 0.25) is 0 Å². The Hall–Kier alpha value is -1.18. The zero-order valence-corrected chi connectivity index (χ0v) is 16.1. The van der Waals surface area contributed by atoms with Gasteiger partial charge in [-0.2, -0.15) is 0 Å². The largest absolute Gasteiger partial charge is 0.481 e. The van der Waals surface area contributed by atoms with Crippen LogP contribution < -0.4 is 5.32 Å². The molecule has 25 heavy (non-hydrogen) atoms. The molecule has 0 atom stereocenters. The first-order chi connectivity index (χ1) is 11.5. The standard InChI is InChI=1S/C17H30N4O3.ClH/c1-17(2,16(22)23)7-10-21-15(13-19-20-21)6-12-24-11-5-14-3-8-18-9-4-14;/h13-14,18H,3-12H2,1-2H3,(H,22,23);1H. The van der Waals surface area contributed by atoms with Gasteiger partial charge in [-0.05, 0) is 58.5 Å². The van der Waals surface area contributed by atoms with E-state index in [2.05, 4.69) is 15.6 Å². The lowest BCUT2D eigenvalue weighted by Gasteiger charge is -2.22. The molecule has 0 saturated carbocycles. The first-order valence-electron chi connectivity index (χ1n) is 8.88. The number of nitrogens with zero attached hydrogens (tertiary/aromatic N) is 3. The van der Waals surface area contributed by atoms with Crippen molar-refractivity contribution in [1.29, 1.82) is 0 Å². The minimum Gasteiger partial charge on any atom is -0.481 e. The van der Waals surface area contributed by atoms with Gasteiger partial charge in [0.15, 0.2) is 0 Å². The van der Waals surface area contributed by atoms with Gasteiger partial charge >= 0.3 is 5.97 Å². The first-order valence-corrected chi connectivity index (χ1v) is 8.88. The van der Waals surface area contributed by atoms with Crippen molar-refractivity contribution in [1.82, 2.24) is 20.3 Å². The minimum atomic E-state index is -0.787. The second kappa shape index (κ2) is 10.7. The average Bonchev–Trinajstić information content (AvgIpc) is 3.01. The summed E-state index contributed by atoms with van der Waals surface area (Å²) in [5.41, 5.74) is 0.243. The molecule has 0 bridgehead atoms. The van der Waals surface area contributed by atoms with E-state index < -0.39 is 11.4 Å². The maximum Gasteiger partial charge on any atom is 0.309 e. The fourth-order valence-electron chi connectivity index (χ4n) is 2.85. The number of hydrogen-bond donors (Lipinski definition) is 2. The van der Waals surface area contributed by atoms with Crippen LogP contribution in [0, 0.1) is 11.3 Å². The second-order valence-electron chi connectivity index (χ2n) is 7.23. The van der Waals surface area contributed by atoms with Crippen molar-refractivity contribution in [3.8, 4) is 0 Å². The Morgan fingerprint density at radius 1 is 1.40 bits per heavy atom. The molecule has 2 N–H and O–H groups in total. The fraction of sp³-hybridized carbons (Fsp3) is 0.824. The number of carbonyl (C=O) groups is 1. The molecule has 0 radical (unpaired) electrons. The van der Waals surface area contributed by atoms with E-state index >= 15 is 0 Å². The number of piperidine rings is 1. The predicted molar refractivity (Wildman–Crippen MR) is 98.0 cm³/mol. The summed E-state index contributed by atoms with van der Waals surface area (Å²) < 4.78 is 7.56. The molecule has 0 amide bonds.